The zero-order valence-electron chi connectivity index (χ0n) is 8.32. The first-order valence-electron chi connectivity index (χ1n) is 6.03. The minimum absolute atomic E-state index is 1.01. The Balaban J connectivity index is 1.79. The molecule has 0 heterocycles. The largest absolute Gasteiger partial charge is 0.0848 e. The molecule has 0 radical (unpaired) electrons. The highest BCUT2D eigenvalue weighted by atomic mass is 14.6. The minimum Gasteiger partial charge on any atom is -0.0848 e. The van der Waals surface area contributed by atoms with Gasteiger partial charge in [0.15, 0.2) is 0 Å². The Kier molecular flexibility index (Phi) is 1.11. The summed E-state index contributed by atoms with van der Waals surface area (Å²) in [6.45, 7) is 2.50. The lowest BCUT2D eigenvalue weighted by atomic mass is 9.70. The molecule has 4 rings (SSSR count). The van der Waals surface area contributed by atoms with Crippen molar-refractivity contribution in [3.05, 3.63) is 12.2 Å². The molecule has 0 spiro atoms. The highest BCUT2D eigenvalue weighted by Gasteiger charge is 2.59. The molecule has 2 unspecified atom stereocenters. The fourth-order valence-corrected chi connectivity index (χ4v) is 5.35. The monoisotopic (exact) mass is 174 g/mol. The van der Waals surface area contributed by atoms with Crippen molar-refractivity contribution in [2.24, 2.45) is 41.4 Å². The zero-order chi connectivity index (χ0) is 8.58. The van der Waals surface area contributed by atoms with Crippen LogP contribution in [-0.4, -0.2) is 0 Å². The molecule has 0 aliphatic heterocycles. The number of allylic oxidation sites excluding steroid dienone is 2. The van der Waals surface area contributed by atoms with Gasteiger partial charge >= 0.3 is 0 Å². The molecule has 3 fully saturated rings. The SMILES string of the molecule is C[C@H]1C[C@H]2C[C@H]1C1C2[C@@H]2C=C[C@H]1C2. The van der Waals surface area contributed by atoms with E-state index in [9.17, 15) is 0 Å². The predicted molar refractivity (Wildman–Crippen MR) is 53.1 cm³/mol. The molecule has 7 atom stereocenters. The van der Waals surface area contributed by atoms with Gasteiger partial charge in [-0.2, -0.15) is 0 Å². The van der Waals surface area contributed by atoms with Crippen LogP contribution in [0.1, 0.15) is 26.2 Å². The van der Waals surface area contributed by atoms with Crippen LogP contribution in [0.15, 0.2) is 12.2 Å². The summed E-state index contributed by atoms with van der Waals surface area (Å²) in [5.41, 5.74) is 0. The van der Waals surface area contributed by atoms with Crippen LogP contribution >= 0.6 is 0 Å². The smallest absolute Gasteiger partial charge is 0.0194 e. The van der Waals surface area contributed by atoms with Crippen molar-refractivity contribution in [3.8, 4) is 0 Å². The van der Waals surface area contributed by atoms with Crippen molar-refractivity contribution in [3.63, 3.8) is 0 Å². The van der Waals surface area contributed by atoms with Crippen molar-refractivity contribution < 1.29 is 0 Å². The van der Waals surface area contributed by atoms with Gasteiger partial charge in [0, 0.05) is 0 Å². The fraction of sp³-hybridized carbons (Fsp3) is 0.846. The van der Waals surface area contributed by atoms with Crippen LogP contribution in [0.4, 0.5) is 0 Å². The molecule has 4 aliphatic rings. The van der Waals surface area contributed by atoms with Crippen LogP contribution in [0.25, 0.3) is 0 Å². The number of rotatable bonds is 0. The molecule has 0 aromatic carbocycles. The Morgan fingerprint density at radius 1 is 0.923 bits per heavy atom. The molecule has 70 valence electrons. The van der Waals surface area contributed by atoms with Crippen LogP contribution in [0.5, 0.6) is 0 Å². The van der Waals surface area contributed by atoms with E-state index in [4.69, 9.17) is 0 Å². The molecular weight excluding hydrogens is 156 g/mol. The van der Waals surface area contributed by atoms with E-state index in [1.54, 1.807) is 12.8 Å². The maximum Gasteiger partial charge on any atom is -0.0194 e. The third kappa shape index (κ3) is 0.671. The summed E-state index contributed by atoms with van der Waals surface area (Å²) in [6, 6.07) is 0. The van der Waals surface area contributed by atoms with Gasteiger partial charge in [0.1, 0.15) is 0 Å². The van der Waals surface area contributed by atoms with Crippen LogP contribution in [0.2, 0.25) is 0 Å². The van der Waals surface area contributed by atoms with Crippen molar-refractivity contribution in [2.75, 3.05) is 0 Å². The van der Waals surface area contributed by atoms with Gasteiger partial charge in [0.25, 0.3) is 0 Å². The molecule has 13 heavy (non-hydrogen) atoms. The standard InChI is InChI=1S/C13H18/c1-7-4-10-6-11(7)13-9-3-2-8(5-9)12(10)13/h2-3,7-13H,4-6H2,1H3/t7-,8+,9-,10-,11+,12?,13?/m0/s1. The van der Waals surface area contributed by atoms with Gasteiger partial charge in [-0.1, -0.05) is 19.1 Å². The van der Waals surface area contributed by atoms with E-state index in [1.807, 2.05) is 0 Å². The molecule has 0 amide bonds. The second-order valence-electron chi connectivity index (χ2n) is 5.98. The minimum atomic E-state index is 1.01. The summed E-state index contributed by atoms with van der Waals surface area (Å²) in [5.74, 6) is 7.59. The van der Waals surface area contributed by atoms with E-state index >= 15 is 0 Å². The van der Waals surface area contributed by atoms with Gasteiger partial charge in [-0.15, -0.1) is 0 Å². The van der Waals surface area contributed by atoms with E-state index in [0.717, 1.165) is 41.4 Å². The first-order valence-corrected chi connectivity index (χ1v) is 6.03. The molecule has 0 aromatic heterocycles. The quantitative estimate of drug-likeness (QED) is 0.391. The first-order chi connectivity index (χ1) is 6.34. The number of fused-ring (bicyclic) bond motifs is 9. The predicted octanol–water partition coefficient (Wildman–Crippen LogP) is 3.10. The van der Waals surface area contributed by atoms with E-state index in [1.165, 1.54) is 6.42 Å². The Bertz CT molecular complexity index is 278. The molecule has 0 saturated heterocycles. The van der Waals surface area contributed by atoms with Crippen LogP contribution in [-0.2, 0) is 0 Å². The molecule has 0 nitrogen and oxygen atoms in total. The third-order valence-corrected chi connectivity index (χ3v) is 5.60. The summed E-state index contributed by atoms with van der Waals surface area (Å²) >= 11 is 0. The molecule has 4 bridgehead atoms. The Morgan fingerprint density at radius 3 is 2.54 bits per heavy atom. The summed E-state index contributed by atoms with van der Waals surface area (Å²) in [4.78, 5) is 0. The Morgan fingerprint density at radius 2 is 1.69 bits per heavy atom. The number of hydrogen-bond donors (Lipinski definition) is 0. The lowest BCUT2D eigenvalue weighted by Gasteiger charge is -2.35. The first kappa shape index (κ1) is 7.09. The highest BCUT2D eigenvalue weighted by Crippen LogP contribution is 2.66. The Labute approximate surface area is 80.4 Å². The lowest BCUT2D eigenvalue weighted by molar-refractivity contribution is 0.160. The molecule has 3 saturated carbocycles. The van der Waals surface area contributed by atoms with Crippen LogP contribution < -0.4 is 0 Å². The summed E-state index contributed by atoms with van der Waals surface area (Å²) in [7, 11) is 0. The van der Waals surface area contributed by atoms with Crippen LogP contribution in [0.3, 0.4) is 0 Å². The highest BCUT2D eigenvalue weighted by molar-refractivity contribution is 5.20. The summed E-state index contributed by atoms with van der Waals surface area (Å²) in [5, 5.41) is 0. The second kappa shape index (κ2) is 2.04. The van der Waals surface area contributed by atoms with E-state index in [-0.39, 0.29) is 0 Å². The van der Waals surface area contributed by atoms with E-state index in [0.29, 0.717) is 0 Å². The van der Waals surface area contributed by atoms with Gasteiger partial charge in [-0.3, -0.25) is 0 Å². The van der Waals surface area contributed by atoms with E-state index < -0.39 is 0 Å². The third-order valence-electron chi connectivity index (χ3n) is 5.60. The van der Waals surface area contributed by atoms with Crippen LogP contribution in [0, 0.1) is 41.4 Å². The van der Waals surface area contributed by atoms with Gasteiger partial charge in [-0.05, 0) is 60.7 Å². The fourth-order valence-electron chi connectivity index (χ4n) is 5.35. The maximum absolute atomic E-state index is 2.54. The average molecular weight is 174 g/mol. The van der Waals surface area contributed by atoms with Gasteiger partial charge in [0.05, 0.1) is 0 Å². The van der Waals surface area contributed by atoms with E-state index in [2.05, 4.69) is 19.1 Å². The van der Waals surface area contributed by atoms with Gasteiger partial charge < -0.3 is 0 Å². The van der Waals surface area contributed by atoms with Crippen molar-refractivity contribution >= 4 is 0 Å². The molecule has 0 N–H and O–H groups in total. The van der Waals surface area contributed by atoms with Crippen molar-refractivity contribution in [1.29, 1.82) is 0 Å². The summed E-state index contributed by atoms with van der Waals surface area (Å²) in [6.07, 6.45) is 9.75. The topological polar surface area (TPSA) is 0 Å². The zero-order valence-corrected chi connectivity index (χ0v) is 8.32. The maximum atomic E-state index is 2.54. The molecule has 0 aromatic rings. The molecular formula is C13H18. The van der Waals surface area contributed by atoms with Crippen molar-refractivity contribution in [2.45, 2.75) is 26.2 Å². The molecule has 0 heteroatoms. The Hall–Kier alpha value is -0.260. The van der Waals surface area contributed by atoms with Gasteiger partial charge in [-0.25, -0.2) is 0 Å². The average Bonchev–Trinajstić information content (AvgIpc) is 2.78. The second-order valence-corrected chi connectivity index (χ2v) is 5.98. The van der Waals surface area contributed by atoms with Gasteiger partial charge in [0.2, 0.25) is 0 Å². The number of hydrogen-bond acceptors (Lipinski definition) is 0. The summed E-state index contributed by atoms with van der Waals surface area (Å²) < 4.78 is 0. The lowest BCUT2D eigenvalue weighted by Crippen LogP contribution is -2.29. The molecule has 4 aliphatic carbocycles. The normalized spacial score (nSPS) is 66.4. The van der Waals surface area contributed by atoms with Crippen molar-refractivity contribution in [1.82, 2.24) is 0 Å².